The lowest BCUT2D eigenvalue weighted by Crippen LogP contribution is -2.41. The van der Waals surface area contributed by atoms with Gasteiger partial charge in [-0.3, -0.25) is 0 Å². The average Bonchev–Trinajstić information content (AvgIpc) is 2.44. The van der Waals surface area contributed by atoms with Crippen molar-refractivity contribution in [3.63, 3.8) is 0 Å². The Morgan fingerprint density at radius 3 is 2.75 bits per heavy atom. The zero-order valence-electron chi connectivity index (χ0n) is 11.8. The Morgan fingerprint density at radius 1 is 1.40 bits per heavy atom. The molecule has 0 bridgehead atoms. The number of hydrogen-bond acceptors (Lipinski definition) is 2. The van der Waals surface area contributed by atoms with Crippen LogP contribution in [0.1, 0.15) is 13.8 Å². The van der Waals surface area contributed by atoms with E-state index in [0.29, 0.717) is 9.52 Å². The maximum atomic E-state index is 11.6. The average molecular weight is 282 g/mol. The van der Waals surface area contributed by atoms with Gasteiger partial charge in [-0.25, -0.2) is 4.79 Å². The molecule has 2 rings (SSSR count). The monoisotopic (exact) mass is 282 g/mol. The molecule has 1 aromatic rings. The molecule has 2 radical (unpaired) electrons. The number of benzene rings is 1. The smallest absolute Gasteiger partial charge is 0.331 e. The minimum atomic E-state index is -0.613. The Bertz CT molecular complexity index is 560. The van der Waals surface area contributed by atoms with Crippen LogP contribution in [0.4, 0.5) is 0 Å². The topological polar surface area (TPSA) is 26.3 Å². The van der Waals surface area contributed by atoms with Crippen LogP contribution in [0.2, 0.25) is 5.54 Å². The van der Waals surface area contributed by atoms with E-state index in [1.165, 1.54) is 16.8 Å². The largest absolute Gasteiger partial charge is 0.452 e. The van der Waals surface area contributed by atoms with Gasteiger partial charge in [-0.15, -0.1) is 0 Å². The van der Waals surface area contributed by atoms with Crippen LogP contribution in [0.15, 0.2) is 66.8 Å². The molecule has 2 nitrogen and oxygen atoms in total. The van der Waals surface area contributed by atoms with Crippen molar-refractivity contribution in [3.8, 4) is 0 Å². The molecule has 1 aromatic carbocycles. The summed E-state index contributed by atoms with van der Waals surface area (Å²) in [6.45, 7) is 7.52. The molecule has 0 saturated carbocycles. The molecule has 20 heavy (non-hydrogen) atoms. The van der Waals surface area contributed by atoms with E-state index in [1.54, 1.807) is 0 Å². The zero-order valence-corrected chi connectivity index (χ0v) is 12.8. The molecule has 0 heterocycles. The third-order valence-electron chi connectivity index (χ3n) is 3.39. The van der Waals surface area contributed by atoms with Gasteiger partial charge < -0.3 is 4.74 Å². The van der Waals surface area contributed by atoms with Crippen LogP contribution in [-0.4, -0.2) is 21.1 Å². The Kier molecular flexibility index (Phi) is 4.40. The lowest BCUT2D eigenvalue weighted by molar-refractivity contribution is -0.147. The first-order chi connectivity index (χ1) is 9.55. The highest BCUT2D eigenvalue weighted by atomic mass is 28.2. The molecule has 0 amide bonds. The van der Waals surface area contributed by atoms with E-state index in [9.17, 15) is 4.79 Å². The summed E-state index contributed by atoms with van der Waals surface area (Å²) in [6, 6.07) is 10.3. The number of ether oxygens (including phenoxy) is 1. The molecule has 0 spiro atoms. The molecule has 3 heteroatoms. The van der Waals surface area contributed by atoms with Crippen LogP contribution >= 0.6 is 0 Å². The van der Waals surface area contributed by atoms with Gasteiger partial charge in [-0.05, 0) is 19.9 Å². The van der Waals surface area contributed by atoms with E-state index in [1.807, 2.05) is 37.3 Å². The van der Waals surface area contributed by atoms with E-state index >= 15 is 0 Å². The molecule has 1 aliphatic rings. The van der Waals surface area contributed by atoms with Gasteiger partial charge in [0.05, 0.1) is 9.52 Å². The van der Waals surface area contributed by atoms with Crippen LogP contribution in [-0.2, 0) is 9.53 Å². The predicted molar refractivity (Wildman–Crippen MR) is 83.2 cm³/mol. The van der Waals surface area contributed by atoms with E-state index < -0.39 is 5.60 Å². The third kappa shape index (κ3) is 3.17. The standard InChI is InChI=1S/C17H18O2Si/c1-4-15(18)19-17(3)12-8-9-13(2)16(17)20-14-10-6-5-7-11-14/h4-12,16H,1H2,2-3H3. The fourth-order valence-electron chi connectivity index (χ4n) is 2.35. The van der Waals surface area contributed by atoms with Crippen molar-refractivity contribution in [1.82, 2.24) is 0 Å². The van der Waals surface area contributed by atoms with Gasteiger partial charge in [-0.1, -0.05) is 59.8 Å². The molecule has 0 aliphatic heterocycles. The maximum Gasteiger partial charge on any atom is 0.331 e. The molecule has 2 unspecified atom stereocenters. The Morgan fingerprint density at radius 2 is 2.10 bits per heavy atom. The molecule has 0 fully saturated rings. The summed E-state index contributed by atoms with van der Waals surface area (Å²) in [6.07, 6.45) is 7.22. The lowest BCUT2D eigenvalue weighted by atomic mass is 9.91. The minimum Gasteiger partial charge on any atom is -0.452 e. The SMILES string of the molecule is C=CC(=O)OC1(C)C=CC=C(C)C1[Si]c1ccccc1. The fraction of sp³-hybridized carbons (Fsp3) is 0.235. The van der Waals surface area contributed by atoms with Gasteiger partial charge >= 0.3 is 5.97 Å². The van der Waals surface area contributed by atoms with Gasteiger partial charge in [-0.2, -0.15) is 0 Å². The fourth-order valence-corrected chi connectivity index (χ4v) is 3.83. The van der Waals surface area contributed by atoms with Crippen LogP contribution < -0.4 is 5.19 Å². The first-order valence-electron chi connectivity index (χ1n) is 6.58. The molecule has 2 atom stereocenters. The third-order valence-corrected chi connectivity index (χ3v) is 5.37. The van der Waals surface area contributed by atoms with Gasteiger partial charge in [0, 0.05) is 11.6 Å². The van der Waals surface area contributed by atoms with Crippen LogP contribution in [0, 0.1) is 0 Å². The van der Waals surface area contributed by atoms with Gasteiger partial charge in [0.2, 0.25) is 0 Å². The number of hydrogen-bond donors (Lipinski definition) is 0. The maximum absolute atomic E-state index is 11.6. The van der Waals surface area contributed by atoms with Crippen LogP contribution in [0.3, 0.4) is 0 Å². The first-order valence-corrected chi connectivity index (χ1v) is 7.66. The summed E-state index contributed by atoms with van der Waals surface area (Å²) >= 11 is 0. The summed E-state index contributed by atoms with van der Waals surface area (Å²) in [5.41, 5.74) is 0.783. The quantitative estimate of drug-likeness (QED) is 0.482. The van der Waals surface area contributed by atoms with Crippen LogP contribution in [0.25, 0.3) is 0 Å². The molecule has 0 N–H and O–H groups in total. The Balaban J connectivity index is 2.26. The van der Waals surface area contributed by atoms with Crippen molar-refractivity contribution in [3.05, 3.63) is 66.8 Å². The molecular formula is C17H18O2Si. The summed E-state index contributed by atoms with van der Waals surface area (Å²) in [4.78, 5) is 11.6. The summed E-state index contributed by atoms with van der Waals surface area (Å²) in [7, 11) is 0.555. The molecule has 102 valence electrons. The first kappa shape index (κ1) is 14.5. The number of carbonyl (C=O) groups is 1. The second-order valence-electron chi connectivity index (χ2n) is 5.02. The van der Waals surface area contributed by atoms with Crippen molar-refractivity contribution in [2.75, 3.05) is 0 Å². The highest BCUT2D eigenvalue weighted by Gasteiger charge is 2.38. The lowest BCUT2D eigenvalue weighted by Gasteiger charge is -2.37. The van der Waals surface area contributed by atoms with Gasteiger partial charge in [0.25, 0.3) is 0 Å². The molecule has 0 aromatic heterocycles. The van der Waals surface area contributed by atoms with E-state index in [2.05, 4.69) is 31.7 Å². The number of esters is 1. The Labute approximate surface area is 122 Å². The minimum absolute atomic E-state index is 0.166. The zero-order chi connectivity index (χ0) is 14.6. The highest BCUT2D eigenvalue weighted by molar-refractivity contribution is 6.56. The van der Waals surface area contributed by atoms with Crippen molar-refractivity contribution in [2.24, 2.45) is 0 Å². The normalized spacial score (nSPS) is 24.9. The number of carbonyl (C=O) groups excluding carboxylic acids is 1. The van der Waals surface area contributed by atoms with E-state index in [4.69, 9.17) is 4.74 Å². The molecule has 1 aliphatic carbocycles. The van der Waals surface area contributed by atoms with E-state index in [-0.39, 0.29) is 11.5 Å². The summed E-state index contributed by atoms with van der Waals surface area (Å²) in [5, 5.41) is 1.27. The van der Waals surface area contributed by atoms with Gasteiger partial charge in [0.15, 0.2) is 0 Å². The van der Waals surface area contributed by atoms with Crippen LogP contribution in [0.5, 0.6) is 0 Å². The van der Waals surface area contributed by atoms with Gasteiger partial charge in [0.1, 0.15) is 5.60 Å². The van der Waals surface area contributed by atoms with Crippen molar-refractivity contribution >= 4 is 20.7 Å². The predicted octanol–water partition coefficient (Wildman–Crippen LogP) is 2.81. The molecule has 0 saturated heterocycles. The summed E-state index contributed by atoms with van der Waals surface area (Å²) in [5.74, 6) is -0.380. The number of rotatable bonds is 4. The second kappa shape index (κ2) is 6.05. The van der Waals surface area contributed by atoms with E-state index in [0.717, 1.165) is 0 Å². The number of allylic oxidation sites excluding steroid dienone is 2. The Hall–Kier alpha value is -1.87. The van der Waals surface area contributed by atoms with Crippen molar-refractivity contribution in [2.45, 2.75) is 25.0 Å². The second-order valence-corrected chi connectivity index (χ2v) is 6.47. The van der Waals surface area contributed by atoms with Crippen molar-refractivity contribution < 1.29 is 9.53 Å². The highest BCUT2D eigenvalue weighted by Crippen LogP contribution is 2.37. The van der Waals surface area contributed by atoms with Crippen molar-refractivity contribution in [1.29, 1.82) is 0 Å². The molecular weight excluding hydrogens is 264 g/mol. The summed E-state index contributed by atoms with van der Waals surface area (Å²) < 4.78 is 5.61.